The fourth-order valence-corrected chi connectivity index (χ4v) is 2.20. The summed E-state index contributed by atoms with van der Waals surface area (Å²) in [6.07, 6.45) is 3.31. The topological polar surface area (TPSA) is 46.3 Å². The van der Waals surface area contributed by atoms with E-state index in [1.54, 1.807) is 12.5 Å². The SMILES string of the molecule is Cc1ccc2cc(C(O)Cc3ccoc3)ccc2n1. The van der Waals surface area contributed by atoms with Gasteiger partial charge in [0.2, 0.25) is 0 Å². The first-order valence-electron chi connectivity index (χ1n) is 6.29. The first kappa shape index (κ1) is 11.9. The van der Waals surface area contributed by atoms with Crippen molar-refractivity contribution in [1.82, 2.24) is 4.98 Å². The number of aromatic nitrogens is 1. The second kappa shape index (κ2) is 4.86. The minimum absolute atomic E-state index is 0.525. The van der Waals surface area contributed by atoms with E-state index < -0.39 is 6.10 Å². The van der Waals surface area contributed by atoms with Crippen LogP contribution in [0.25, 0.3) is 10.9 Å². The lowest BCUT2D eigenvalue weighted by molar-refractivity contribution is 0.178. The molecule has 2 aromatic heterocycles. The van der Waals surface area contributed by atoms with Gasteiger partial charge in [-0.2, -0.15) is 0 Å². The summed E-state index contributed by atoms with van der Waals surface area (Å²) in [6.45, 7) is 1.97. The van der Waals surface area contributed by atoms with E-state index in [1.165, 1.54) is 0 Å². The van der Waals surface area contributed by atoms with E-state index in [1.807, 2.05) is 43.3 Å². The number of rotatable bonds is 3. The Kier molecular flexibility index (Phi) is 3.05. The lowest BCUT2D eigenvalue weighted by Gasteiger charge is -2.10. The Balaban J connectivity index is 1.90. The van der Waals surface area contributed by atoms with Gasteiger partial charge < -0.3 is 9.52 Å². The van der Waals surface area contributed by atoms with Crippen LogP contribution in [-0.2, 0) is 6.42 Å². The van der Waals surface area contributed by atoms with Crippen molar-refractivity contribution in [3.63, 3.8) is 0 Å². The number of nitrogens with zero attached hydrogens (tertiary/aromatic N) is 1. The molecule has 19 heavy (non-hydrogen) atoms. The molecule has 1 unspecified atom stereocenters. The van der Waals surface area contributed by atoms with Gasteiger partial charge in [-0.05, 0) is 42.3 Å². The van der Waals surface area contributed by atoms with Gasteiger partial charge in [-0.3, -0.25) is 4.98 Å². The number of aliphatic hydroxyl groups excluding tert-OH is 1. The van der Waals surface area contributed by atoms with Crippen LogP contribution in [0, 0.1) is 6.92 Å². The average Bonchev–Trinajstić information content (AvgIpc) is 2.91. The van der Waals surface area contributed by atoms with Crippen LogP contribution in [0.15, 0.2) is 53.3 Å². The number of hydrogen-bond donors (Lipinski definition) is 1. The van der Waals surface area contributed by atoms with Crippen molar-refractivity contribution in [2.24, 2.45) is 0 Å². The number of fused-ring (bicyclic) bond motifs is 1. The Morgan fingerprint density at radius 2 is 2.11 bits per heavy atom. The van der Waals surface area contributed by atoms with Crippen LogP contribution in [-0.4, -0.2) is 10.1 Å². The van der Waals surface area contributed by atoms with E-state index >= 15 is 0 Å². The molecule has 1 atom stereocenters. The van der Waals surface area contributed by atoms with Gasteiger partial charge >= 0.3 is 0 Å². The molecular weight excluding hydrogens is 238 g/mol. The van der Waals surface area contributed by atoms with Gasteiger partial charge in [-0.15, -0.1) is 0 Å². The number of pyridine rings is 1. The highest BCUT2D eigenvalue weighted by Gasteiger charge is 2.10. The molecule has 1 N–H and O–H groups in total. The molecule has 0 aliphatic rings. The van der Waals surface area contributed by atoms with Crippen molar-refractivity contribution in [2.75, 3.05) is 0 Å². The van der Waals surface area contributed by atoms with Crippen LogP contribution in [0.2, 0.25) is 0 Å². The quantitative estimate of drug-likeness (QED) is 0.778. The van der Waals surface area contributed by atoms with Gasteiger partial charge in [0, 0.05) is 17.5 Å². The Morgan fingerprint density at radius 1 is 1.21 bits per heavy atom. The highest BCUT2D eigenvalue weighted by atomic mass is 16.3. The molecule has 2 heterocycles. The summed E-state index contributed by atoms with van der Waals surface area (Å²) in [7, 11) is 0. The number of hydrogen-bond acceptors (Lipinski definition) is 3. The molecule has 0 aliphatic carbocycles. The Labute approximate surface area is 111 Å². The van der Waals surface area contributed by atoms with Gasteiger partial charge in [0.15, 0.2) is 0 Å². The number of benzene rings is 1. The zero-order valence-electron chi connectivity index (χ0n) is 10.7. The smallest absolute Gasteiger partial charge is 0.0935 e. The summed E-state index contributed by atoms with van der Waals surface area (Å²) in [5.41, 5.74) is 3.85. The van der Waals surface area contributed by atoms with Crippen LogP contribution < -0.4 is 0 Å². The Hall–Kier alpha value is -2.13. The predicted octanol–water partition coefficient (Wildman–Crippen LogP) is 3.41. The normalized spacial score (nSPS) is 12.7. The van der Waals surface area contributed by atoms with E-state index in [0.29, 0.717) is 6.42 Å². The third-order valence-electron chi connectivity index (χ3n) is 3.25. The lowest BCUT2D eigenvalue weighted by atomic mass is 10.0. The van der Waals surface area contributed by atoms with E-state index in [0.717, 1.165) is 27.7 Å². The van der Waals surface area contributed by atoms with Crippen molar-refractivity contribution in [3.05, 3.63) is 65.7 Å². The Bertz CT molecular complexity index is 689. The second-order valence-corrected chi connectivity index (χ2v) is 4.76. The third-order valence-corrected chi connectivity index (χ3v) is 3.25. The molecule has 3 rings (SSSR count). The standard InChI is InChI=1S/C16H15NO2/c1-11-2-3-13-9-14(4-5-15(13)17-11)16(18)8-12-6-7-19-10-12/h2-7,9-10,16,18H,8H2,1H3. The van der Waals surface area contributed by atoms with Crippen LogP contribution in [0.1, 0.15) is 22.9 Å². The number of aryl methyl sites for hydroxylation is 1. The highest BCUT2D eigenvalue weighted by Crippen LogP contribution is 2.22. The molecule has 3 nitrogen and oxygen atoms in total. The first-order valence-corrected chi connectivity index (χ1v) is 6.29. The van der Waals surface area contributed by atoms with Crippen LogP contribution in [0.3, 0.4) is 0 Å². The molecule has 0 saturated heterocycles. The molecule has 0 radical (unpaired) electrons. The minimum Gasteiger partial charge on any atom is -0.472 e. The zero-order valence-corrected chi connectivity index (χ0v) is 10.7. The van der Waals surface area contributed by atoms with Crippen molar-refractivity contribution >= 4 is 10.9 Å². The van der Waals surface area contributed by atoms with E-state index in [9.17, 15) is 5.11 Å². The molecule has 0 spiro atoms. The van der Waals surface area contributed by atoms with Gasteiger partial charge in [0.25, 0.3) is 0 Å². The summed E-state index contributed by atoms with van der Waals surface area (Å²) in [4.78, 5) is 4.46. The fourth-order valence-electron chi connectivity index (χ4n) is 2.20. The Morgan fingerprint density at radius 3 is 2.89 bits per heavy atom. The zero-order chi connectivity index (χ0) is 13.2. The van der Waals surface area contributed by atoms with Crippen LogP contribution >= 0.6 is 0 Å². The van der Waals surface area contributed by atoms with Gasteiger partial charge in [0.1, 0.15) is 0 Å². The van der Waals surface area contributed by atoms with Crippen molar-refractivity contribution < 1.29 is 9.52 Å². The third kappa shape index (κ3) is 2.51. The van der Waals surface area contributed by atoms with E-state index in [4.69, 9.17) is 4.42 Å². The van der Waals surface area contributed by atoms with Crippen molar-refractivity contribution in [1.29, 1.82) is 0 Å². The number of aliphatic hydroxyl groups is 1. The summed E-state index contributed by atoms with van der Waals surface area (Å²) < 4.78 is 5.01. The van der Waals surface area contributed by atoms with Crippen molar-refractivity contribution in [2.45, 2.75) is 19.4 Å². The van der Waals surface area contributed by atoms with Gasteiger partial charge in [-0.25, -0.2) is 0 Å². The second-order valence-electron chi connectivity index (χ2n) is 4.76. The lowest BCUT2D eigenvalue weighted by Crippen LogP contribution is -2.01. The molecule has 96 valence electrons. The van der Waals surface area contributed by atoms with E-state index in [2.05, 4.69) is 4.98 Å². The summed E-state index contributed by atoms with van der Waals surface area (Å²) >= 11 is 0. The molecule has 3 aromatic rings. The summed E-state index contributed by atoms with van der Waals surface area (Å²) in [5, 5.41) is 11.3. The minimum atomic E-state index is -0.525. The molecule has 1 aromatic carbocycles. The van der Waals surface area contributed by atoms with Crippen LogP contribution in [0.5, 0.6) is 0 Å². The maximum atomic E-state index is 10.2. The molecule has 0 saturated carbocycles. The summed E-state index contributed by atoms with van der Waals surface area (Å²) in [5.74, 6) is 0. The maximum Gasteiger partial charge on any atom is 0.0935 e. The number of furan rings is 1. The van der Waals surface area contributed by atoms with Crippen molar-refractivity contribution in [3.8, 4) is 0 Å². The van der Waals surface area contributed by atoms with E-state index in [-0.39, 0.29) is 0 Å². The monoisotopic (exact) mass is 253 g/mol. The summed E-state index contributed by atoms with van der Waals surface area (Å²) in [6, 6.07) is 11.8. The van der Waals surface area contributed by atoms with Gasteiger partial charge in [-0.1, -0.05) is 12.1 Å². The highest BCUT2D eigenvalue weighted by molar-refractivity contribution is 5.79. The predicted molar refractivity (Wildman–Crippen MR) is 73.9 cm³/mol. The van der Waals surface area contributed by atoms with Crippen LogP contribution in [0.4, 0.5) is 0 Å². The average molecular weight is 253 g/mol. The first-order chi connectivity index (χ1) is 9.22. The fraction of sp³-hybridized carbons (Fsp3) is 0.188. The largest absolute Gasteiger partial charge is 0.472 e. The molecule has 0 bridgehead atoms. The molecule has 0 amide bonds. The molecule has 0 fully saturated rings. The molecular formula is C16H15NO2. The molecule has 3 heteroatoms. The molecule has 0 aliphatic heterocycles. The maximum absolute atomic E-state index is 10.2. The van der Waals surface area contributed by atoms with Gasteiger partial charge in [0.05, 0.1) is 24.1 Å².